The number of rotatable bonds is 6. The van der Waals surface area contributed by atoms with E-state index in [1.54, 1.807) is 96.1 Å². The number of benzene rings is 1. The molecule has 43 heavy (non-hydrogen) atoms. The molecular formula is C30H32N8O5. The van der Waals surface area contributed by atoms with Crippen LogP contribution in [0.15, 0.2) is 55.2 Å². The Morgan fingerprint density at radius 3 is 2.12 bits per heavy atom. The smallest absolute Gasteiger partial charge is 0.420 e. The third-order valence-electron chi connectivity index (χ3n) is 5.50. The zero-order valence-electron chi connectivity index (χ0n) is 25.0. The second-order valence-electron chi connectivity index (χ2n) is 11.5. The minimum atomic E-state index is -0.856. The quantitative estimate of drug-likeness (QED) is 0.275. The molecule has 2 amide bonds. The summed E-state index contributed by atoms with van der Waals surface area (Å²) in [7, 11) is 1.72. The summed E-state index contributed by atoms with van der Waals surface area (Å²) < 4.78 is 18.6. The van der Waals surface area contributed by atoms with Gasteiger partial charge in [-0.1, -0.05) is 0 Å². The molecule has 3 aromatic heterocycles. The summed E-state index contributed by atoms with van der Waals surface area (Å²) in [6.45, 7) is 10.0. The summed E-state index contributed by atoms with van der Waals surface area (Å²) in [6, 6.07) is 8.69. The molecule has 0 atom stereocenters. The van der Waals surface area contributed by atoms with E-state index < -0.39 is 23.4 Å². The zero-order valence-corrected chi connectivity index (χ0v) is 25.0. The first-order chi connectivity index (χ1) is 20.2. The number of hydrogen-bond donors (Lipinski definition) is 0. The molecule has 4 rings (SSSR count). The number of nitriles is 1. The second kappa shape index (κ2) is 12.2. The van der Waals surface area contributed by atoms with Crippen LogP contribution in [0.25, 0.3) is 22.8 Å². The lowest BCUT2D eigenvalue weighted by molar-refractivity contribution is -0.000279. The van der Waals surface area contributed by atoms with Crippen molar-refractivity contribution in [3.05, 3.63) is 66.4 Å². The van der Waals surface area contributed by atoms with E-state index >= 15 is 0 Å². The van der Waals surface area contributed by atoms with Gasteiger partial charge in [-0.25, -0.2) is 29.1 Å². The van der Waals surface area contributed by atoms with Crippen molar-refractivity contribution in [2.75, 3.05) is 0 Å². The van der Waals surface area contributed by atoms with Crippen molar-refractivity contribution in [1.82, 2.24) is 34.6 Å². The summed E-state index contributed by atoms with van der Waals surface area (Å²) in [5, 5.41) is 13.9. The fraction of sp³-hybridized carbons (Fsp3) is 0.333. The van der Waals surface area contributed by atoms with E-state index in [2.05, 4.69) is 31.1 Å². The third-order valence-corrected chi connectivity index (χ3v) is 5.50. The lowest BCUT2D eigenvalue weighted by Gasteiger charge is -2.28. The Morgan fingerprint density at radius 2 is 1.56 bits per heavy atom. The summed E-state index contributed by atoms with van der Waals surface area (Å²) in [5.41, 5.74) is 0.811. The molecule has 3 heterocycles. The predicted molar refractivity (Wildman–Crippen MR) is 155 cm³/mol. The Labute approximate surface area is 249 Å². The Bertz CT molecular complexity index is 1620. The van der Waals surface area contributed by atoms with E-state index in [4.69, 9.17) is 14.2 Å². The van der Waals surface area contributed by atoms with Crippen LogP contribution in [0.4, 0.5) is 9.59 Å². The Balaban J connectivity index is 1.61. The van der Waals surface area contributed by atoms with Gasteiger partial charge in [0.1, 0.15) is 28.3 Å². The van der Waals surface area contributed by atoms with Gasteiger partial charge in [-0.2, -0.15) is 10.4 Å². The highest BCUT2D eigenvalue weighted by Gasteiger charge is 2.31. The molecule has 0 unspecified atom stereocenters. The molecule has 0 aliphatic rings. The highest BCUT2D eigenvalue weighted by Crippen LogP contribution is 2.34. The Hall–Kier alpha value is -5.38. The first-order valence-corrected chi connectivity index (χ1v) is 13.3. The number of aryl methyl sites for hydroxylation is 1. The van der Waals surface area contributed by atoms with Crippen LogP contribution in [0.1, 0.15) is 52.7 Å². The van der Waals surface area contributed by atoms with Crippen molar-refractivity contribution in [2.24, 2.45) is 7.05 Å². The van der Waals surface area contributed by atoms with Gasteiger partial charge in [0.05, 0.1) is 29.9 Å². The number of carbonyl (C=O) groups excluding carboxylic acids is 2. The van der Waals surface area contributed by atoms with Gasteiger partial charge in [0.15, 0.2) is 5.82 Å². The van der Waals surface area contributed by atoms with Crippen LogP contribution in [-0.2, 0) is 23.1 Å². The molecule has 13 nitrogen and oxygen atoms in total. The average Bonchev–Trinajstić information content (AvgIpc) is 3.30. The molecule has 0 fully saturated rings. The van der Waals surface area contributed by atoms with Gasteiger partial charge in [-0.05, 0) is 59.7 Å². The number of hydrogen-bond acceptors (Lipinski definition) is 11. The van der Waals surface area contributed by atoms with E-state index in [-0.39, 0.29) is 6.54 Å². The molecule has 0 saturated carbocycles. The standard InChI is InChI=1S/C30H32N8O5/c1-29(2,3)42-27(39)38(28(40)43-30(4,5)6)18-20-15-34-26(35-16-20)21-9-8-19(14-31)12-24(21)41-25-13-22(36-37(25)7)23-17-32-10-11-33-23/h8-13,15-17H,18H2,1-7H3. The summed E-state index contributed by atoms with van der Waals surface area (Å²) in [6.07, 6.45) is 6.00. The van der Waals surface area contributed by atoms with Gasteiger partial charge in [-0.3, -0.25) is 9.97 Å². The van der Waals surface area contributed by atoms with E-state index in [9.17, 15) is 14.9 Å². The molecule has 1 aromatic carbocycles. The number of carbonyl (C=O) groups is 2. The fourth-order valence-corrected chi connectivity index (χ4v) is 3.67. The second-order valence-corrected chi connectivity index (χ2v) is 11.5. The van der Waals surface area contributed by atoms with Gasteiger partial charge in [0.2, 0.25) is 5.88 Å². The third kappa shape index (κ3) is 8.10. The molecule has 0 bridgehead atoms. The Morgan fingerprint density at radius 1 is 0.907 bits per heavy atom. The lowest BCUT2D eigenvalue weighted by Crippen LogP contribution is -2.43. The first-order valence-electron chi connectivity index (χ1n) is 13.3. The minimum absolute atomic E-state index is 0.180. The van der Waals surface area contributed by atoms with Crippen LogP contribution >= 0.6 is 0 Å². The van der Waals surface area contributed by atoms with Gasteiger partial charge < -0.3 is 14.2 Å². The molecular weight excluding hydrogens is 552 g/mol. The molecule has 4 aromatic rings. The van der Waals surface area contributed by atoms with Crippen molar-refractivity contribution in [3.63, 3.8) is 0 Å². The monoisotopic (exact) mass is 584 g/mol. The number of aromatic nitrogens is 6. The van der Waals surface area contributed by atoms with Crippen molar-refractivity contribution < 1.29 is 23.8 Å². The van der Waals surface area contributed by atoms with Crippen LogP contribution in [0, 0.1) is 11.3 Å². The molecule has 0 saturated heterocycles. The SMILES string of the molecule is Cn1nc(-c2cnccn2)cc1Oc1cc(C#N)ccc1-c1ncc(CN(C(=O)OC(C)(C)C)C(=O)OC(C)(C)C)cn1. The van der Waals surface area contributed by atoms with Crippen molar-refractivity contribution >= 4 is 12.2 Å². The largest absolute Gasteiger partial charge is 0.443 e. The van der Waals surface area contributed by atoms with Crippen LogP contribution in [0.5, 0.6) is 11.6 Å². The highest BCUT2D eigenvalue weighted by atomic mass is 16.6. The molecule has 0 spiro atoms. The lowest BCUT2D eigenvalue weighted by atomic mass is 10.1. The zero-order chi connectivity index (χ0) is 31.4. The van der Waals surface area contributed by atoms with E-state index in [1.807, 2.05) is 0 Å². The molecule has 222 valence electrons. The van der Waals surface area contributed by atoms with Gasteiger partial charge in [0, 0.05) is 43.5 Å². The van der Waals surface area contributed by atoms with Gasteiger partial charge in [-0.15, -0.1) is 0 Å². The minimum Gasteiger partial charge on any atom is -0.443 e. The number of amides is 2. The van der Waals surface area contributed by atoms with Gasteiger partial charge >= 0.3 is 12.2 Å². The normalized spacial score (nSPS) is 11.4. The van der Waals surface area contributed by atoms with E-state index in [1.165, 1.54) is 12.4 Å². The number of nitrogens with zero attached hydrogens (tertiary/aromatic N) is 8. The number of imide groups is 1. The molecule has 13 heteroatoms. The summed E-state index contributed by atoms with van der Waals surface area (Å²) in [5.74, 6) is 1.00. The highest BCUT2D eigenvalue weighted by molar-refractivity contribution is 5.88. The molecule has 0 aliphatic heterocycles. The maximum Gasteiger partial charge on any atom is 0.420 e. The van der Waals surface area contributed by atoms with Crippen molar-refractivity contribution in [1.29, 1.82) is 5.26 Å². The molecule has 0 aliphatic carbocycles. The number of ether oxygens (including phenoxy) is 3. The van der Waals surface area contributed by atoms with Crippen LogP contribution in [0.3, 0.4) is 0 Å². The predicted octanol–water partition coefficient (Wildman–Crippen LogP) is 5.67. The average molecular weight is 585 g/mol. The Kier molecular flexibility index (Phi) is 8.70. The topological polar surface area (TPSA) is 158 Å². The fourth-order valence-electron chi connectivity index (χ4n) is 3.67. The van der Waals surface area contributed by atoms with Crippen molar-refractivity contribution in [3.8, 4) is 40.5 Å². The first kappa shape index (κ1) is 30.6. The van der Waals surface area contributed by atoms with Crippen molar-refractivity contribution in [2.45, 2.75) is 59.3 Å². The molecule has 0 radical (unpaired) electrons. The van der Waals surface area contributed by atoms with Crippen LogP contribution < -0.4 is 4.74 Å². The maximum atomic E-state index is 12.9. The summed E-state index contributed by atoms with van der Waals surface area (Å²) >= 11 is 0. The van der Waals surface area contributed by atoms with Gasteiger partial charge in [0.25, 0.3) is 0 Å². The molecule has 0 N–H and O–H groups in total. The van der Waals surface area contributed by atoms with E-state index in [0.29, 0.717) is 45.5 Å². The van der Waals surface area contributed by atoms with Crippen LogP contribution in [0.2, 0.25) is 0 Å². The maximum absolute atomic E-state index is 12.9. The van der Waals surface area contributed by atoms with E-state index in [0.717, 1.165) is 4.90 Å². The summed E-state index contributed by atoms with van der Waals surface area (Å²) in [4.78, 5) is 43.9. The van der Waals surface area contributed by atoms with Crippen LogP contribution in [-0.4, -0.2) is 58.0 Å².